The Bertz CT molecular complexity index is 1390. The van der Waals surface area contributed by atoms with Crippen molar-refractivity contribution in [3.8, 4) is 0 Å². The molecule has 0 aromatic heterocycles. The molecular weight excluding hydrogens is 522 g/mol. The molecule has 7 nitrogen and oxygen atoms in total. The summed E-state index contributed by atoms with van der Waals surface area (Å²) in [6, 6.07) is 22.3. The fourth-order valence-corrected chi connectivity index (χ4v) is 6.09. The van der Waals surface area contributed by atoms with Crippen LogP contribution in [0.3, 0.4) is 0 Å². The summed E-state index contributed by atoms with van der Waals surface area (Å²) in [4.78, 5) is 29.3. The minimum absolute atomic E-state index is 0.0525. The highest BCUT2D eigenvalue weighted by molar-refractivity contribution is 7.92. The molecule has 2 atom stereocenters. The number of benzene rings is 3. The zero-order valence-electron chi connectivity index (χ0n) is 24.1. The van der Waals surface area contributed by atoms with Gasteiger partial charge in [-0.3, -0.25) is 13.9 Å². The summed E-state index contributed by atoms with van der Waals surface area (Å²) in [5.41, 5.74) is 3.15. The third-order valence-electron chi connectivity index (χ3n) is 7.24. The van der Waals surface area contributed by atoms with Crippen LogP contribution in [0, 0.1) is 6.92 Å². The van der Waals surface area contributed by atoms with Gasteiger partial charge in [0.1, 0.15) is 12.6 Å². The van der Waals surface area contributed by atoms with Gasteiger partial charge in [0.25, 0.3) is 10.0 Å². The van der Waals surface area contributed by atoms with Crippen molar-refractivity contribution >= 4 is 27.5 Å². The molecule has 3 aromatic carbocycles. The van der Waals surface area contributed by atoms with Crippen molar-refractivity contribution in [2.24, 2.45) is 0 Å². The first kappa shape index (κ1) is 30.9. The highest BCUT2D eigenvalue weighted by Crippen LogP contribution is 2.28. The van der Waals surface area contributed by atoms with Crippen LogP contribution in [-0.2, 0) is 32.6 Å². The third-order valence-corrected chi connectivity index (χ3v) is 9.01. The summed E-state index contributed by atoms with van der Waals surface area (Å²) in [6.07, 6.45) is 1.73. The van der Waals surface area contributed by atoms with Gasteiger partial charge >= 0.3 is 0 Å². The van der Waals surface area contributed by atoms with Gasteiger partial charge in [0, 0.05) is 12.6 Å². The fourth-order valence-electron chi connectivity index (χ4n) is 4.62. The van der Waals surface area contributed by atoms with E-state index in [2.05, 4.69) is 5.32 Å². The van der Waals surface area contributed by atoms with E-state index < -0.39 is 28.5 Å². The van der Waals surface area contributed by atoms with E-state index in [9.17, 15) is 18.0 Å². The van der Waals surface area contributed by atoms with Gasteiger partial charge in [0.15, 0.2) is 0 Å². The van der Waals surface area contributed by atoms with Crippen molar-refractivity contribution in [3.05, 3.63) is 95.6 Å². The number of carbonyl (C=O) groups excluding carboxylic acids is 2. The zero-order chi connectivity index (χ0) is 29.3. The predicted molar refractivity (Wildman–Crippen MR) is 160 cm³/mol. The minimum Gasteiger partial charge on any atom is -0.352 e. The van der Waals surface area contributed by atoms with E-state index in [-0.39, 0.29) is 23.4 Å². The lowest BCUT2D eigenvalue weighted by Gasteiger charge is -2.34. The number of hydrogen-bond donors (Lipinski definition) is 1. The molecule has 2 amide bonds. The highest BCUT2D eigenvalue weighted by Gasteiger charge is 2.34. The quantitative estimate of drug-likeness (QED) is 0.299. The van der Waals surface area contributed by atoms with E-state index in [1.807, 2.05) is 71.0 Å². The Morgan fingerprint density at radius 2 is 1.43 bits per heavy atom. The second-order valence-electron chi connectivity index (χ2n) is 10.00. The van der Waals surface area contributed by atoms with Crippen LogP contribution in [0.5, 0.6) is 0 Å². The lowest BCUT2D eigenvalue weighted by molar-refractivity contribution is -0.140. The Morgan fingerprint density at radius 3 is 2.02 bits per heavy atom. The molecule has 40 heavy (non-hydrogen) atoms. The molecule has 0 aliphatic rings. The van der Waals surface area contributed by atoms with Crippen molar-refractivity contribution in [1.82, 2.24) is 10.2 Å². The van der Waals surface area contributed by atoms with Crippen LogP contribution >= 0.6 is 0 Å². The number of nitrogens with zero attached hydrogens (tertiary/aromatic N) is 2. The van der Waals surface area contributed by atoms with Crippen LogP contribution < -0.4 is 9.62 Å². The van der Waals surface area contributed by atoms with Crippen molar-refractivity contribution in [2.45, 2.75) is 77.4 Å². The second kappa shape index (κ2) is 14.1. The largest absolute Gasteiger partial charge is 0.352 e. The zero-order valence-corrected chi connectivity index (χ0v) is 24.9. The smallest absolute Gasteiger partial charge is 0.264 e. The van der Waals surface area contributed by atoms with Gasteiger partial charge in [0.2, 0.25) is 11.8 Å². The third kappa shape index (κ3) is 7.30. The van der Waals surface area contributed by atoms with Gasteiger partial charge in [-0.15, -0.1) is 0 Å². The van der Waals surface area contributed by atoms with Crippen molar-refractivity contribution in [1.29, 1.82) is 0 Å². The summed E-state index contributed by atoms with van der Waals surface area (Å²) < 4.78 is 29.2. The molecule has 1 N–H and O–H groups in total. The average Bonchev–Trinajstić information content (AvgIpc) is 2.96. The molecule has 0 heterocycles. The van der Waals surface area contributed by atoms with Gasteiger partial charge in [0.05, 0.1) is 10.6 Å². The van der Waals surface area contributed by atoms with Gasteiger partial charge < -0.3 is 10.2 Å². The van der Waals surface area contributed by atoms with Crippen molar-refractivity contribution < 1.29 is 18.0 Å². The summed E-state index contributed by atoms with van der Waals surface area (Å²) in [5, 5.41) is 3.01. The van der Waals surface area contributed by atoms with E-state index in [0.29, 0.717) is 18.5 Å². The van der Waals surface area contributed by atoms with Gasteiger partial charge in [-0.1, -0.05) is 81.4 Å². The first-order valence-electron chi connectivity index (χ1n) is 13.9. The summed E-state index contributed by atoms with van der Waals surface area (Å²) >= 11 is 0. The van der Waals surface area contributed by atoms with Crippen molar-refractivity contribution in [3.63, 3.8) is 0 Å². The molecule has 8 heteroatoms. The van der Waals surface area contributed by atoms with Gasteiger partial charge in [-0.25, -0.2) is 8.42 Å². The van der Waals surface area contributed by atoms with E-state index >= 15 is 0 Å². The first-order valence-corrected chi connectivity index (χ1v) is 15.4. The SMILES string of the molecule is CCc1ccccc1N(CC(=O)N(Cc1ccccc1C)C(CC)C(=O)NC(C)CC)S(=O)(=O)c1ccccc1. The topological polar surface area (TPSA) is 86.8 Å². The minimum atomic E-state index is -4.09. The van der Waals surface area contributed by atoms with E-state index in [1.165, 1.54) is 21.3 Å². The number of carbonyl (C=O) groups is 2. The number of nitrogens with one attached hydrogen (secondary N) is 1. The molecule has 0 saturated heterocycles. The molecule has 0 aliphatic heterocycles. The summed E-state index contributed by atoms with van der Waals surface area (Å²) in [5.74, 6) is -0.690. The molecule has 0 fully saturated rings. The highest BCUT2D eigenvalue weighted by atomic mass is 32.2. The van der Waals surface area contributed by atoms with Crippen LogP contribution in [0.15, 0.2) is 83.8 Å². The number of amides is 2. The lowest BCUT2D eigenvalue weighted by atomic mass is 10.1. The van der Waals surface area contributed by atoms with Crippen LogP contribution in [0.1, 0.15) is 57.2 Å². The maximum atomic E-state index is 14.2. The normalized spacial score (nSPS) is 12.8. The predicted octanol–water partition coefficient (Wildman–Crippen LogP) is 5.47. The molecule has 3 rings (SSSR count). The maximum absolute atomic E-state index is 14.2. The Kier molecular flexibility index (Phi) is 10.9. The number of sulfonamides is 1. The fraction of sp³-hybridized carbons (Fsp3) is 0.375. The van der Waals surface area contributed by atoms with Crippen LogP contribution in [-0.4, -0.2) is 43.8 Å². The monoisotopic (exact) mass is 563 g/mol. The summed E-state index contributed by atoms with van der Waals surface area (Å²) in [6.45, 7) is 9.43. The number of hydrogen-bond acceptors (Lipinski definition) is 4. The van der Waals surface area contributed by atoms with Gasteiger partial charge in [-0.05, 0) is 68.0 Å². The Labute approximate surface area is 239 Å². The number of anilines is 1. The second-order valence-corrected chi connectivity index (χ2v) is 11.9. The molecule has 0 spiro atoms. The molecule has 0 saturated carbocycles. The first-order chi connectivity index (χ1) is 19.1. The average molecular weight is 564 g/mol. The lowest BCUT2D eigenvalue weighted by Crippen LogP contribution is -2.53. The molecule has 2 unspecified atom stereocenters. The van der Waals surface area contributed by atoms with E-state index in [4.69, 9.17) is 0 Å². The molecule has 214 valence electrons. The standard InChI is InChI=1S/C32H41N3O4S/c1-6-25(5)33-32(37)29(8-3)34(22-27-18-13-12-16-24(27)4)31(36)23-35(30-21-15-14-17-26(30)7-2)40(38,39)28-19-10-9-11-20-28/h9-21,25,29H,6-8,22-23H2,1-5H3,(H,33,37). The van der Waals surface area contributed by atoms with Crippen LogP contribution in [0.2, 0.25) is 0 Å². The van der Waals surface area contributed by atoms with E-state index in [1.54, 1.807) is 30.3 Å². The number of aryl methyl sites for hydroxylation is 2. The maximum Gasteiger partial charge on any atom is 0.264 e. The number of para-hydroxylation sites is 1. The number of rotatable bonds is 13. The van der Waals surface area contributed by atoms with Crippen molar-refractivity contribution in [2.75, 3.05) is 10.8 Å². The van der Waals surface area contributed by atoms with Gasteiger partial charge in [-0.2, -0.15) is 0 Å². The molecule has 0 radical (unpaired) electrons. The van der Waals surface area contributed by atoms with Crippen LogP contribution in [0.25, 0.3) is 0 Å². The molecule has 0 bridgehead atoms. The molecule has 0 aliphatic carbocycles. The van der Waals surface area contributed by atoms with Crippen LogP contribution in [0.4, 0.5) is 5.69 Å². The molecular formula is C32H41N3O4S. The van der Waals surface area contributed by atoms with E-state index in [0.717, 1.165) is 23.1 Å². The Hall–Kier alpha value is -3.65. The molecule has 3 aromatic rings. The Morgan fingerprint density at radius 1 is 0.825 bits per heavy atom. The summed E-state index contributed by atoms with van der Waals surface area (Å²) in [7, 11) is -4.09. The Balaban J connectivity index is 2.10.